The van der Waals surface area contributed by atoms with Gasteiger partial charge in [-0.05, 0) is 45.4 Å². The minimum absolute atomic E-state index is 0.00712. The average molecular weight is 334 g/mol. The van der Waals surface area contributed by atoms with E-state index in [0.717, 1.165) is 44.3 Å². The van der Waals surface area contributed by atoms with Crippen LogP contribution in [0.15, 0.2) is 10.6 Å². The van der Waals surface area contributed by atoms with E-state index in [9.17, 15) is 9.59 Å². The number of aromatic nitrogens is 1. The standard InChI is InChI=1S/C17H26N4O3/c1-10(18)8-16(22)19-12-4-6-13(7-5-12)20-17(23)14-9-15(24-21-14)11-2-3-11/h9-13H,2-8,18H2,1H3,(H,19,22)(H,20,23). The summed E-state index contributed by atoms with van der Waals surface area (Å²) >= 11 is 0. The van der Waals surface area contributed by atoms with Crippen LogP contribution in [-0.2, 0) is 4.79 Å². The summed E-state index contributed by atoms with van der Waals surface area (Å²) in [6.07, 6.45) is 6.02. The number of rotatable bonds is 6. The fourth-order valence-electron chi connectivity index (χ4n) is 3.18. The molecule has 132 valence electrons. The molecule has 7 heteroatoms. The number of hydrogen-bond donors (Lipinski definition) is 3. The Bertz CT molecular complexity index is 586. The molecule has 0 saturated heterocycles. The van der Waals surface area contributed by atoms with Crippen LogP contribution in [-0.4, -0.2) is 35.1 Å². The first-order valence-electron chi connectivity index (χ1n) is 8.83. The van der Waals surface area contributed by atoms with Gasteiger partial charge >= 0.3 is 0 Å². The highest BCUT2D eigenvalue weighted by molar-refractivity contribution is 5.92. The maximum atomic E-state index is 12.2. The van der Waals surface area contributed by atoms with Gasteiger partial charge in [0.05, 0.1) is 0 Å². The zero-order valence-electron chi connectivity index (χ0n) is 14.1. The number of nitrogens with two attached hydrogens (primary N) is 1. The summed E-state index contributed by atoms with van der Waals surface area (Å²) in [6, 6.07) is 1.94. The van der Waals surface area contributed by atoms with E-state index in [-0.39, 0.29) is 29.9 Å². The molecule has 1 aromatic rings. The Labute approximate surface area is 141 Å². The smallest absolute Gasteiger partial charge is 0.273 e. The second-order valence-electron chi connectivity index (χ2n) is 7.16. The number of amides is 2. The molecule has 1 heterocycles. The third-order valence-corrected chi connectivity index (χ3v) is 4.68. The second kappa shape index (κ2) is 7.34. The van der Waals surface area contributed by atoms with Gasteiger partial charge in [0.1, 0.15) is 5.76 Å². The van der Waals surface area contributed by atoms with Gasteiger partial charge in [-0.25, -0.2) is 0 Å². The summed E-state index contributed by atoms with van der Waals surface area (Å²) in [5.41, 5.74) is 6.00. The van der Waals surface area contributed by atoms with Crippen molar-refractivity contribution in [2.45, 2.75) is 75.9 Å². The molecule has 3 rings (SSSR count). The van der Waals surface area contributed by atoms with Crippen molar-refractivity contribution in [3.63, 3.8) is 0 Å². The van der Waals surface area contributed by atoms with Crippen molar-refractivity contribution < 1.29 is 14.1 Å². The SMILES string of the molecule is CC(N)CC(=O)NC1CCC(NC(=O)c2cc(C3CC3)on2)CC1. The van der Waals surface area contributed by atoms with Gasteiger partial charge in [0.25, 0.3) is 5.91 Å². The molecule has 1 unspecified atom stereocenters. The molecule has 1 atom stereocenters. The van der Waals surface area contributed by atoms with Crippen LogP contribution < -0.4 is 16.4 Å². The van der Waals surface area contributed by atoms with E-state index in [1.807, 2.05) is 6.92 Å². The van der Waals surface area contributed by atoms with Crippen molar-refractivity contribution in [2.75, 3.05) is 0 Å². The number of carbonyl (C=O) groups is 2. The molecule has 2 aliphatic carbocycles. The van der Waals surface area contributed by atoms with Crippen molar-refractivity contribution in [2.24, 2.45) is 5.73 Å². The van der Waals surface area contributed by atoms with E-state index in [0.29, 0.717) is 18.0 Å². The predicted octanol–water partition coefficient (Wildman–Crippen LogP) is 1.45. The molecular weight excluding hydrogens is 308 g/mol. The summed E-state index contributed by atoms with van der Waals surface area (Å²) in [5.74, 6) is 1.11. The first-order chi connectivity index (χ1) is 11.5. The van der Waals surface area contributed by atoms with Crippen molar-refractivity contribution in [1.82, 2.24) is 15.8 Å². The Balaban J connectivity index is 1.41. The fourth-order valence-corrected chi connectivity index (χ4v) is 3.18. The topological polar surface area (TPSA) is 110 Å². The van der Waals surface area contributed by atoms with Crippen LogP contribution in [0.5, 0.6) is 0 Å². The molecule has 24 heavy (non-hydrogen) atoms. The second-order valence-corrected chi connectivity index (χ2v) is 7.16. The van der Waals surface area contributed by atoms with Gasteiger partial charge < -0.3 is 20.9 Å². The van der Waals surface area contributed by atoms with Gasteiger partial charge in [0, 0.05) is 36.5 Å². The first kappa shape index (κ1) is 17.0. The van der Waals surface area contributed by atoms with Crippen LogP contribution in [0.1, 0.15) is 74.0 Å². The number of nitrogens with zero attached hydrogens (tertiary/aromatic N) is 1. The Hall–Kier alpha value is -1.89. The number of hydrogen-bond acceptors (Lipinski definition) is 5. The van der Waals surface area contributed by atoms with E-state index in [1.165, 1.54) is 0 Å². The number of carbonyl (C=O) groups excluding carboxylic acids is 2. The zero-order valence-corrected chi connectivity index (χ0v) is 14.1. The minimum atomic E-state index is -0.171. The molecule has 4 N–H and O–H groups in total. The van der Waals surface area contributed by atoms with E-state index in [2.05, 4.69) is 15.8 Å². The third-order valence-electron chi connectivity index (χ3n) is 4.68. The van der Waals surface area contributed by atoms with Crippen LogP contribution in [0, 0.1) is 0 Å². The maximum Gasteiger partial charge on any atom is 0.273 e. The van der Waals surface area contributed by atoms with Gasteiger partial charge in [0.2, 0.25) is 5.91 Å². The van der Waals surface area contributed by atoms with Crippen molar-refractivity contribution in [1.29, 1.82) is 0 Å². The van der Waals surface area contributed by atoms with Crippen LogP contribution in [0.2, 0.25) is 0 Å². The highest BCUT2D eigenvalue weighted by atomic mass is 16.5. The van der Waals surface area contributed by atoms with Gasteiger partial charge in [-0.3, -0.25) is 9.59 Å². The summed E-state index contributed by atoms with van der Waals surface area (Å²) in [7, 11) is 0. The third kappa shape index (κ3) is 4.56. The molecule has 0 aromatic carbocycles. The monoisotopic (exact) mass is 334 g/mol. The molecule has 2 amide bonds. The molecular formula is C17H26N4O3. The van der Waals surface area contributed by atoms with Crippen molar-refractivity contribution >= 4 is 11.8 Å². The highest BCUT2D eigenvalue weighted by Gasteiger charge is 2.30. The lowest BCUT2D eigenvalue weighted by Gasteiger charge is -2.29. The summed E-state index contributed by atoms with van der Waals surface area (Å²) in [4.78, 5) is 24.0. The Morgan fingerprint density at radius 1 is 1.21 bits per heavy atom. The maximum absolute atomic E-state index is 12.2. The highest BCUT2D eigenvalue weighted by Crippen LogP contribution is 2.40. The zero-order chi connectivity index (χ0) is 17.1. The van der Waals surface area contributed by atoms with Crippen LogP contribution >= 0.6 is 0 Å². The average Bonchev–Trinajstić information content (AvgIpc) is 3.25. The Morgan fingerprint density at radius 2 is 1.83 bits per heavy atom. The first-order valence-corrected chi connectivity index (χ1v) is 8.83. The van der Waals surface area contributed by atoms with Gasteiger partial charge in [0.15, 0.2) is 5.69 Å². The van der Waals surface area contributed by atoms with E-state index in [1.54, 1.807) is 6.07 Å². The van der Waals surface area contributed by atoms with E-state index < -0.39 is 0 Å². The predicted molar refractivity (Wildman–Crippen MR) is 88.4 cm³/mol. The van der Waals surface area contributed by atoms with Crippen molar-refractivity contribution in [3.05, 3.63) is 17.5 Å². The number of nitrogens with one attached hydrogen (secondary N) is 2. The molecule has 2 aliphatic rings. The van der Waals surface area contributed by atoms with E-state index in [4.69, 9.17) is 10.3 Å². The molecule has 1 aromatic heterocycles. The fraction of sp³-hybridized carbons (Fsp3) is 0.706. The lowest BCUT2D eigenvalue weighted by atomic mass is 9.91. The van der Waals surface area contributed by atoms with Gasteiger partial charge in [-0.1, -0.05) is 5.16 Å². The van der Waals surface area contributed by atoms with Gasteiger partial charge in [-0.2, -0.15) is 0 Å². The van der Waals surface area contributed by atoms with Crippen LogP contribution in [0.4, 0.5) is 0 Å². The molecule has 0 radical (unpaired) electrons. The Kier molecular flexibility index (Phi) is 5.18. The molecule has 2 saturated carbocycles. The molecule has 0 aliphatic heterocycles. The van der Waals surface area contributed by atoms with Crippen LogP contribution in [0.3, 0.4) is 0 Å². The largest absolute Gasteiger partial charge is 0.360 e. The summed E-state index contributed by atoms with van der Waals surface area (Å²) in [5, 5.41) is 9.91. The van der Waals surface area contributed by atoms with Crippen LogP contribution in [0.25, 0.3) is 0 Å². The van der Waals surface area contributed by atoms with Gasteiger partial charge in [-0.15, -0.1) is 0 Å². The normalized spacial score (nSPS) is 25.1. The minimum Gasteiger partial charge on any atom is -0.360 e. The summed E-state index contributed by atoms with van der Waals surface area (Å²) < 4.78 is 5.22. The lowest BCUT2D eigenvalue weighted by Crippen LogP contribution is -2.44. The molecule has 7 nitrogen and oxygen atoms in total. The molecule has 0 spiro atoms. The quantitative estimate of drug-likeness (QED) is 0.729. The lowest BCUT2D eigenvalue weighted by molar-refractivity contribution is -0.122. The summed E-state index contributed by atoms with van der Waals surface area (Å²) in [6.45, 7) is 1.82. The Morgan fingerprint density at radius 3 is 2.42 bits per heavy atom. The van der Waals surface area contributed by atoms with Crippen molar-refractivity contribution in [3.8, 4) is 0 Å². The molecule has 2 fully saturated rings. The van der Waals surface area contributed by atoms with E-state index >= 15 is 0 Å². The molecule has 0 bridgehead atoms.